The minimum absolute atomic E-state index is 0.308. The van der Waals surface area contributed by atoms with Crippen LogP contribution < -0.4 is 0 Å². The number of carbonyl (C=O) groups is 1. The maximum Gasteiger partial charge on any atom is 0.339 e. The Morgan fingerprint density at radius 3 is 2.58 bits per heavy atom. The van der Waals surface area contributed by atoms with Crippen molar-refractivity contribution in [3.63, 3.8) is 0 Å². The van der Waals surface area contributed by atoms with Crippen LogP contribution in [0.5, 0.6) is 5.75 Å². The summed E-state index contributed by atoms with van der Waals surface area (Å²) in [5.41, 5.74) is -0.503. The molecule has 64 valence electrons. The first-order valence-corrected chi connectivity index (χ1v) is 3.31. The van der Waals surface area contributed by atoms with E-state index in [1.807, 2.05) is 0 Å². The van der Waals surface area contributed by atoms with E-state index in [-0.39, 0.29) is 5.02 Å². The molecule has 1 rings (SSSR count). The van der Waals surface area contributed by atoms with Crippen molar-refractivity contribution < 1.29 is 19.4 Å². The molecule has 0 aliphatic carbocycles. The third-order valence-electron chi connectivity index (χ3n) is 1.27. The predicted octanol–water partition coefficient (Wildman–Crippen LogP) is 1.88. The Morgan fingerprint density at radius 2 is 2.08 bits per heavy atom. The molecule has 2 N–H and O–H groups in total. The number of halogens is 2. The number of hydrogen-bond acceptors (Lipinski definition) is 2. The van der Waals surface area contributed by atoms with Crippen molar-refractivity contribution in [3.05, 3.63) is 28.5 Å². The average Bonchev–Trinajstić information content (AvgIpc) is 1.96. The lowest BCUT2D eigenvalue weighted by Gasteiger charge is -2.00. The Kier molecular flexibility index (Phi) is 2.19. The molecule has 0 heterocycles. The van der Waals surface area contributed by atoms with Crippen LogP contribution in [0, 0.1) is 5.82 Å². The van der Waals surface area contributed by atoms with Crippen molar-refractivity contribution in [1.29, 1.82) is 0 Å². The molecule has 0 aliphatic rings. The summed E-state index contributed by atoms with van der Waals surface area (Å²) < 4.78 is 12.6. The zero-order chi connectivity index (χ0) is 9.30. The third kappa shape index (κ3) is 1.48. The van der Waals surface area contributed by atoms with E-state index < -0.39 is 23.1 Å². The van der Waals surface area contributed by atoms with Gasteiger partial charge in [-0.25, -0.2) is 9.18 Å². The van der Waals surface area contributed by atoms with Crippen LogP contribution in [0.2, 0.25) is 5.02 Å². The van der Waals surface area contributed by atoms with Gasteiger partial charge in [0.2, 0.25) is 0 Å². The van der Waals surface area contributed by atoms with Crippen molar-refractivity contribution in [1.82, 2.24) is 0 Å². The molecule has 0 saturated carbocycles. The van der Waals surface area contributed by atoms with Gasteiger partial charge in [0, 0.05) is 6.07 Å². The van der Waals surface area contributed by atoms with Gasteiger partial charge in [0.1, 0.15) is 17.1 Å². The van der Waals surface area contributed by atoms with Crippen LogP contribution >= 0.6 is 11.6 Å². The Morgan fingerprint density at radius 1 is 1.50 bits per heavy atom. The minimum Gasteiger partial charge on any atom is -0.507 e. The van der Waals surface area contributed by atoms with Crippen molar-refractivity contribution in [3.8, 4) is 5.75 Å². The molecule has 0 aromatic heterocycles. The molecular weight excluding hydrogens is 187 g/mol. The first kappa shape index (κ1) is 8.80. The third-order valence-corrected chi connectivity index (χ3v) is 1.56. The normalized spacial score (nSPS) is 9.83. The molecule has 0 spiro atoms. The number of rotatable bonds is 1. The van der Waals surface area contributed by atoms with Gasteiger partial charge >= 0.3 is 5.97 Å². The molecule has 0 atom stereocenters. The fourth-order valence-electron chi connectivity index (χ4n) is 0.708. The molecule has 0 aliphatic heterocycles. The van der Waals surface area contributed by atoms with Gasteiger partial charge < -0.3 is 10.2 Å². The van der Waals surface area contributed by atoms with Crippen LogP contribution in [-0.4, -0.2) is 16.2 Å². The maximum absolute atomic E-state index is 12.6. The Bertz CT molecular complexity index is 338. The standard InChI is InChI=1S/C7H4ClFO3/c8-4-2-6(10)3(7(11)12)1-5(4)9/h1-2,10H,(H,11,12). The Labute approximate surface area is 72.0 Å². The van der Waals surface area contributed by atoms with Gasteiger partial charge in [-0.3, -0.25) is 0 Å². The van der Waals surface area contributed by atoms with E-state index in [9.17, 15) is 9.18 Å². The second-order valence-corrected chi connectivity index (χ2v) is 2.50. The first-order chi connectivity index (χ1) is 5.52. The number of phenols is 1. The predicted molar refractivity (Wildman–Crippen MR) is 40.0 cm³/mol. The molecule has 3 nitrogen and oxygen atoms in total. The Balaban J connectivity index is 3.33. The van der Waals surface area contributed by atoms with Gasteiger partial charge in [-0.1, -0.05) is 11.6 Å². The van der Waals surface area contributed by atoms with Crippen LogP contribution in [0.4, 0.5) is 4.39 Å². The van der Waals surface area contributed by atoms with E-state index in [1.54, 1.807) is 0 Å². The van der Waals surface area contributed by atoms with Gasteiger partial charge in [-0.15, -0.1) is 0 Å². The molecule has 1 aromatic rings. The number of hydrogen-bond donors (Lipinski definition) is 2. The molecule has 12 heavy (non-hydrogen) atoms. The highest BCUT2D eigenvalue weighted by molar-refractivity contribution is 6.31. The van der Waals surface area contributed by atoms with Gasteiger partial charge in [0.15, 0.2) is 0 Å². The summed E-state index contributed by atoms with van der Waals surface area (Å²) in [7, 11) is 0. The molecule has 0 unspecified atom stereocenters. The van der Waals surface area contributed by atoms with Gasteiger partial charge in [0.05, 0.1) is 5.02 Å². The first-order valence-electron chi connectivity index (χ1n) is 2.93. The van der Waals surface area contributed by atoms with Crippen LogP contribution in [0.25, 0.3) is 0 Å². The van der Waals surface area contributed by atoms with Crippen LogP contribution in [-0.2, 0) is 0 Å². The smallest absolute Gasteiger partial charge is 0.339 e. The lowest BCUT2D eigenvalue weighted by atomic mass is 10.2. The number of carboxylic acid groups (broad SMARTS) is 1. The van der Waals surface area contributed by atoms with Crippen molar-refractivity contribution >= 4 is 17.6 Å². The fraction of sp³-hybridized carbons (Fsp3) is 0. The van der Waals surface area contributed by atoms with Crippen LogP contribution in [0.3, 0.4) is 0 Å². The maximum atomic E-state index is 12.6. The zero-order valence-corrected chi connectivity index (χ0v) is 6.47. The molecule has 0 saturated heterocycles. The van der Waals surface area contributed by atoms with E-state index in [1.165, 1.54) is 0 Å². The van der Waals surface area contributed by atoms with Crippen LogP contribution in [0.1, 0.15) is 10.4 Å². The zero-order valence-electron chi connectivity index (χ0n) is 5.71. The molecule has 1 aromatic carbocycles. The SMILES string of the molecule is O=C(O)c1cc(F)c(Cl)cc1O. The Hall–Kier alpha value is -1.29. The highest BCUT2D eigenvalue weighted by Crippen LogP contribution is 2.24. The van der Waals surface area contributed by atoms with Gasteiger partial charge in [-0.2, -0.15) is 0 Å². The van der Waals surface area contributed by atoms with E-state index in [4.69, 9.17) is 21.8 Å². The quantitative estimate of drug-likeness (QED) is 0.711. The minimum atomic E-state index is -1.40. The molecule has 0 bridgehead atoms. The lowest BCUT2D eigenvalue weighted by molar-refractivity contribution is 0.0693. The largest absolute Gasteiger partial charge is 0.507 e. The number of carboxylic acids is 1. The molecule has 0 fully saturated rings. The van der Waals surface area contributed by atoms with E-state index in [2.05, 4.69) is 0 Å². The highest BCUT2D eigenvalue weighted by Gasteiger charge is 2.12. The topological polar surface area (TPSA) is 57.5 Å². The summed E-state index contributed by atoms with van der Waals surface area (Å²) in [5.74, 6) is -2.82. The molecule has 0 amide bonds. The van der Waals surface area contributed by atoms with E-state index >= 15 is 0 Å². The number of aromatic carboxylic acids is 1. The summed E-state index contributed by atoms with van der Waals surface area (Å²) in [6.07, 6.45) is 0. The average molecular weight is 191 g/mol. The van der Waals surface area contributed by atoms with Crippen molar-refractivity contribution in [2.24, 2.45) is 0 Å². The summed E-state index contributed by atoms with van der Waals surface area (Å²) in [5, 5.41) is 17.1. The van der Waals surface area contributed by atoms with Crippen LogP contribution in [0.15, 0.2) is 12.1 Å². The summed E-state index contributed by atoms with van der Waals surface area (Å²) >= 11 is 5.26. The van der Waals surface area contributed by atoms with Gasteiger partial charge in [-0.05, 0) is 6.07 Å². The number of benzene rings is 1. The summed E-state index contributed by atoms with van der Waals surface area (Å²) in [6.45, 7) is 0. The van der Waals surface area contributed by atoms with Gasteiger partial charge in [0.25, 0.3) is 0 Å². The molecular formula is C7H4ClFO3. The monoisotopic (exact) mass is 190 g/mol. The summed E-state index contributed by atoms with van der Waals surface area (Å²) in [6, 6.07) is 1.51. The summed E-state index contributed by atoms with van der Waals surface area (Å²) in [4.78, 5) is 10.3. The second kappa shape index (κ2) is 2.98. The van der Waals surface area contributed by atoms with Crippen molar-refractivity contribution in [2.75, 3.05) is 0 Å². The molecule has 5 heteroatoms. The van der Waals surface area contributed by atoms with Crippen molar-refractivity contribution in [2.45, 2.75) is 0 Å². The second-order valence-electron chi connectivity index (χ2n) is 2.09. The lowest BCUT2D eigenvalue weighted by Crippen LogP contribution is -1.97. The fourth-order valence-corrected chi connectivity index (χ4v) is 0.866. The number of aromatic hydroxyl groups is 1. The molecule has 0 radical (unpaired) electrons. The highest BCUT2D eigenvalue weighted by atomic mass is 35.5. The van der Waals surface area contributed by atoms with E-state index in [0.29, 0.717) is 6.07 Å². The van der Waals surface area contributed by atoms with E-state index in [0.717, 1.165) is 6.07 Å².